The molecule has 2 aromatic rings. The van der Waals surface area contributed by atoms with Gasteiger partial charge >= 0.3 is 0 Å². The van der Waals surface area contributed by atoms with Crippen molar-refractivity contribution >= 4 is 5.91 Å². The third-order valence-corrected chi connectivity index (χ3v) is 5.27. The molecular formula is C18H22N4O. The minimum Gasteiger partial charge on any atom is -0.335 e. The number of piperidine rings is 1. The van der Waals surface area contributed by atoms with Crippen LogP contribution < -0.4 is 0 Å². The van der Waals surface area contributed by atoms with E-state index in [1.807, 2.05) is 22.9 Å². The molecule has 1 saturated carbocycles. The molecule has 0 unspecified atom stereocenters. The molecule has 120 valence electrons. The summed E-state index contributed by atoms with van der Waals surface area (Å²) in [6.45, 7) is 0.892. The first-order chi connectivity index (χ1) is 11.3. The smallest absolute Gasteiger partial charge is 0.254 e. The quantitative estimate of drug-likeness (QED) is 0.856. The van der Waals surface area contributed by atoms with E-state index in [1.165, 1.54) is 25.7 Å². The van der Waals surface area contributed by atoms with Crippen LogP contribution in [-0.4, -0.2) is 37.9 Å². The molecule has 3 heterocycles. The zero-order valence-electron chi connectivity index (χ0n) is 13.3. The average Bonchev–Trinajstić information content (AvgIpc) is 3.15. The van der Waals surface area contributed by atoms with Crippen molar-refractivity contribution in [3.63, 3.8) is 0 Å². The number of carbonyl (C=O) groups excluding carboxylic acids is 1. The Bertz CT molecular complexity index is 680. The molecule has 23 heavy (non-hydrogen) atoms. The van der Waals surface area contributed by atoms with Crippen molar-refractivity contribution in [1.29, 1.82) is 0 Å². The fourth-order valence-corrected chi connectivity index (χ4v) is 4.13. The number of rotatable bonds is 2. The molecule has 0 aromatic carbocycles. The number of pyridine rings is 1. The first kappa shape index (κ1) is 14.4. The fraction of sp³-hybridized carbons (Fsp3) is 0.500. The van der Waals surface area contributed by atoms with Crippen LogP contribution in [0.15, 0.2) is 37.1 Å². The van der Waals surface area contributed by atoms with Gasteiger partial charge in [0, 0.05) is 36.7 Å². The van der Waals surface area contributed by atoms with Crippen molar-refractivity contribution in [3.05, 3.63) is 42.6 Å². The molecule has 2 aliphatic rings. The summed E-state index contributed by atoms with van der Waals surface area (Å²) in [6.07, 6.45) is 14.4. The minimum absolute atomic E-state index is 0.158. The van der Waals surface area contributed by atoms with Crippen molar-refractivity contribution in [3.8, 4) is 5.82 Å². The lowest BCUT2D eigenvalue weighted by atomic mass is 9.78. The van der Waals surface area contributed by atoms with Crippen molar-refractivity contribution < 1.29 is 4.79 Å². The maximum absolute atomic E-state index is 13.0. The van der Waals surface area contributed by atoms with Crippen molar-refractivity contribution in [2.45, 2.75) is 44.6 Å². The summed E-state index contributed by atoms with van der Waals surface area (Å²) in [7, 11) is 0. The highest BCUT2D eigenvalue weighted by Crippen LogP contribution is 2.35. The number of amides is 1. The van der Waals surface area contributed by atoms with E-state index in [4.69, 9.17) is 0 Å². The van der Waals surface area contributed by atoms with E-state index >= 15 is 0 Å². The Balaban J connectivity index is 1.60. The summed E-state index contributed by atoms with van der Waals surface area (Å²) in [5, 5.41) is 0. The number of nitrogens with zero attached hydrogens (tertiary/aromatic N) is 4. The van der Waals surface area contributed by atoms with Gasteiger partial charge in [-0.05, 0) is 43.7 Å². The maximum Gasteiger partial charge on any atom is 0.254 e. The molecule has 2 fully saturated rings. The van der Waals surface area contributed by atoms with Gasteiger partial charge in [-0.25, -0.2) is 9.97 Å². The van der Waals surface area contributed by atoms with Crippen LogP contribution in [0.25, 0.3) is 5.82 Å². The van der Waals surface area contributed by atoms with E-state index in [0.717, 1.165) is 30.8 Å². The monoisotopic (exact) mass is 310 g/mol. The van der Waals surface area contributed by atoms with Crippen LogP contribution in [0.5, 0.6) is 0 Å². The second-order valence-electron chi connectivity index (χ2n) is 6.63. The van der Waals surface area contributed by atoms with E-state index in [9.17, 15) is 4.79 Å². The molecule has 0 bridgehead atoms. The first-order valence-corrected chi connectivity index (χ1v) is 8.58. The first-order valence-electron chi connectivity index (χ1n) is 8.58. The molecule has 5 nitrogen and oxygen atoms in total. The zero-order chi connectivity index (χ0) is 15.6. The third-order valence-electron chi connectivity index (χ3n) is 5.27. The van der Waals surface area contributed by atoms with Gasteiger partial charge in [-0.2, -0.15) is 0 Å². The van der Waals surface area contributed by atoms with Gasteiger partial charge in [-0.15, -0.1) is 0 Å². The summed E-state index contributed by atoms with van der Waals surface area (Å²) < 4.78 is 1.83. The number of aromatic nitrogens is 3. The summed E-state index contributed by atoms with van der Waals surface area (Å²) in [5.41, 5.74) is 0.731. The van der Waals surface area contributed by atoms with Crippen LogP contribution in [0.2, 0.25) is 0 Å². The summed E-state index contributed by atoms with van der Waals surface area (Å²) in [4.78, 5) is 23.6. The van der Waals surface area contributed by atoms with Gasteiger partial charge in [0.05, 0.1) is 0 Å². The van der Waals surface area contributed by atoms with Crippen LogP contribution in [0, 0.1) is 5.92 Å². The van der Waals surface area contributed by atoms with E-state index in [1.54, 1.807) is 18.7 Å². The standard InChI is InChI=1S/C18H22N4O/c23-18(22-10-3-5-14-4-1-2-6-16(14)22)15-7-8-20-17(12-15)21-11-9-19-13-21/h7-9,11-14,16H,1-6,10H2/t14-,16+/m0/s1. The lowest BCUT2D eigenvalue weighted by Crippen LogP contribution is -2.49. The normalized spacial score (nSPS) is 24.3. The molecule has 2 aromatic heterocycles. The van der Waals surface area contributed by atoms with E-state index in [-0.39, 0.29) is 5.91 Å². The molecule has 1 aliphatic carbocycles. The van der Waals surface area contributed by atoms with Gasteiger partial charge in [0.15, 0.2) is 0 Å². The Morgan fingerprint density at radius 2 is 2.00 bits per heavy atom. The van der Waals surface area contributed by atoms with Gasteiger partial charge in [-0.3, -0.25) is 9.36 Å². The molecule has 0 radical (unpaired) electrons. The fourth-order valence-electron chi connectivity index (χ4n) is 4.13. The molecular weight excluding hydrogens is 288 g/mol. The molecule has 0 N–H and O–H groups in total. The summed E-state index contributed by atoms with van der Waals surface area (Å²) >= 11 is 0. The Kier molecular flexibility index (Phi) is 3.85. The van der Waals surface area contributed by atoms with Gasteiger partial charge in [0.1, 0.15) is 12.1 Å². The largest absolute Gasteiger partial charge is 0.335 e. The van der Waals surface area contributed by atoms with E-state index < -0.39 is 0 Å². The highest BCUT2D eigenvalue weighted by atomic mass is 16.2. The third kappa shape index (κ3) is 2.76. The van der Waals surface area contributed by atoms with Gasteiger partial charge in [0.2, 0.25) is 0 Å². The second kappa shape index (κ2) is 6.14. The van der Waals surface area contributed by atoms with E-state index in [2.05, 4.69) is 14.9 Å². The van der Waals surface area contributed by atoms with E-state index in [0.29, 0.717) is 12.0 Å². The number of hydrogen-bond acceptors (Lipinski definition) is 3. The van der Waals surface area contributed by atoms with Crippen LogP contribution in [0.1, 0.15) is 48.9 Å². The van der Waals surface area contributed by atoms with Crippen LogP contribution in [0.4, 0.5) is 0 Å². The number of fused-ring (bicyclic) bond motifs is 1. The van der Waals surface area contributed by atoms with Gasteiger partial charge in [0.25, 0.3) is 5.91 Å². The number of carbonyl (C=O) groups is 1. The summed E-state index contributed by atoms with van der Waals surface area (Å²) in [6, 6.07) is 4.14. The Hall–Kier alpha value is -2.17. The molecule has 5 heteroatoms. The molecule has 2 atom stereocenters. The van der Waals surface area contributed by atoms with Crippen LogP contribution in [0.3, 0.4) is 0 Å². The molecule has 0 spiro atoms. The Labute approximate surface area is 136 Å². The second-order valence-corrected chi connectivity index (χ2v) is 6.63. The summed E-state index contributed by atoms with van der Waals surface area (Å²) in [5.74, 6) is 1.60. The molecule has 1 amide bonds. The lowest BCUT2D eigenvalue weighted by molar-refractivity contribution is 0.0390. The predicted molar refractivity (Wildman–Crippen MR) is 87.4 cm³/mol. The van der Waals surface area contributed by atoms with Crippen LogP contribution in [-0.2, 0) is 0 Å². The number of hydrogen-bond donors (Lipinski definition) is 0. The van der Waals surface area contributed by atoms with Crippen molar-refractivity contribution in [2.75, 3.05) is 6.54 Å². The van der Waals surface area contributed by atoms with Gasteiger partial charge in [-0.1, -0.05) is 12.8 Å². The molecule has 1 saturated heterocycles. The highest BCUT2D eigenvalue weighted by Gasteiger charge is 2.36. The Morgan fingerprint density at radius 1 is 1.13 bits per heavy atom. The van der Waals surface area contributed by atoms with Gasteiger partial charge < -0.3 is 4.90 Å². The minimum atomic E-state index is 0.158. The maximum atomic E-state index is 13.0. The highest BCUT2D eigenvalue weighted by molar-refractivity contribution is 5.94. The SMILES string of the molecule is O=C(c1ccnc(-n2ccnc2)c1)N1CCC[C@@H]2CCCC[C@H]21. The van der Waals surface area contributed by atoms with Crippen molar-refractivity contribution in [1.82, 2.24) is 19.4 Å². The number of imidazole rings is 1. The lowest BCUT2D eigenvalue weighted by Gasteiger charge is -2.44. The Morgan fingerprint density at radius 3 is 2.87 bits per heavy atom. The zero-order valence-corrected chi connectivity index (χ0v) is 13.3. The average molecular weight is 310 g/mol. The number of likely N-dealkylation sites (tertiary alicyclic amines) is 1. The topological polar surface area (TPSA) is 51.0 Å². The van der Waals surface area contributed by atoms with Crippen molar-refractivity contribution in [2.24, 2.45) is 5.92 Å². The molecule has 4 rings (SSSR count). The predicted octanol–water partition coefficient (Wildman–Crippen LogP) is 3.06. The van der Waals surface area contributed by atoms with Crippen LogP contribution >= 0.6 is 0 Å². The molecule has 1 aliphatic heterocycles.